The van der Waals surface area contributed by atoms with Crippen LogP contribution in [-0.4, -0.2) is 32.8 Å². The molecule has 6 heteroatoms. The first kappa shape index (κ1) is 19.2. The molecule has 3 aromatic rings. The third kappa shape index (κ3) is 3.91. The van der Waals surface area contributed by atoms with Gasteiger partial charge < -0.3 is 9.84 Å². The van der Waals surface area contributed by atoms with Gasteiger partial charge in [0.15, 0.2) is 0 Å². The van der Waals surface area contributed by atoms with Crippen LogP contribution in [0.1, 0.15) is 13.8 Å². The number of anilines is 1. The van der Waals surface area contributed by atoms with Crippen LogP contribution in [-0.2, 0) is 10.0 Å². The van der Waals surface area contributed by atoms with Crippen molar-refractivity contribution in [3.05, 3.63) is 66.7 Å². The van der Waals surface area contributed by atoms with E-state index in [1.165, 1.54) is 4.31 Å². The Bertz CT molecular complexity index is 1020. The minimum absolute atomic E-state index is 0.0338. The molecular weight excluding hydrogens is 362 g/mol. The molecule has 0 aliphatic carbocycles. The van der Waals surface area contributed by atoms with Crippen molar-refractivity contribution in [2.45, 2.75) is 24.8 Å². The number of nitrogens with zero attached hydrogens (tertiary/aromatic N) is 1. The molecule has 0 saturated heterocycles. The van der Waals surface area contributed by atoms with Crippen LogP contribution in [0.3, 0.4) is 0 Å². The van der Waals surface area contributed by atoms with E-state index in [-0.39, 0.29) is 11.4 Å². The van der Waals surface area contributed by atoms with Crippen molar-refractivity contribution in [1.82, 2.24) is 0 Å². The number of aliphatic hydroxyl groups is 1. The standard InChI is InChI=1S/C21H23NO4S/c1-3-26-20-13-14-21(19-12-8-7-11-18(19)20)27(24,25)22(15-16(2)23)17-9-5-4-6-10-17/h4-14,16,23H,3,15H2,1-2H3. The van der Waals surface area contributed by atoms with Crippen LogP contribution in [0.2, 0.25) is 0 Å². The van der Waals surface area contributed by atoms with E-state index in [4.69, 9.17) is 4.74 Å². The largest absolute Gasteiger partial charge is 0.493 e. The quantitative estimate of drug-likeness (QED) is 0.671. The van der Waals surface area contributed by atoms with Crippen molar-refractivity contribution >= 4 is 26.5 Å². The van der Waals surface area contributed by atoms with Gasteiger partial charge in [-0.2, -0.15) is 0 Å². The molecule has 0 fully saturated rings. The lowest BCUT2D eigenvalue weighted by molar-refractivity contribution is 0.204. The van der Waals surface area contributed by atoms with E-state index in [1.54, 1.807) is 55.5 Å². The normalized spacial score (nSPS) is 12.7. The molecule has 0 aliphatic heterocycles. The zero-order valence-corrected chi connectivity index (χ0v) is 16.2. The first-order valence-corrected chi connectivity index (χ1v) is 10.3. The Morgan fingerprint density at radius 1 is 0.963 bits per heavy atom. The zero-order valence-electron chi connectivity index (χ0n) is 15.4. The summed E-state index contributed by atoms with van der Waals surface area (Å²) >= 11 is 0. The third-order valence-electron chi connectivity index (χ3n) is 4.19. The molecule has 3 aromatic carbocycles. The van der Waals surface area contributed by atoms with Crippen LogP contribution < -0.4 is 9.04 Å². The number of sulfonamides is 1. The molecule has 27 heavy (non-hydrogen) atoms. The van der Waals surface area contributed by atoms with Gasteiger partial charge in [-0.15, -0.1) is 0 Å². The average Bonchev–Trinajstić information content (AvgIpc) is 2.67. The van der Waals surface area contributed by atoms with Gasteiger partial charge >= 0.3 is 0 Å². The molecule has 1 atom stereocenters. The number of fused-ring (bicyclic) bond motifs is 1. The van der Waals surface area contributed by atoms with Crippen LogP contribution >= 0.6 is 0 Å². The van der Waals surface area contributed by atoms with E-state index in [0.29, 0.717) is 23.4 Å². The van der Waals surface area contributed by atoms with E-state index in [9.17, 15) is 13.5 Å². The van der Waals surface area contributed by atoms with Crippen LogP contribution in [0, 0.1) is 0 Å². The topological polar surface area (TPSA) is 66.8 Å². The van der Waals surface area contributed by atoms with Gasteiger partial charge in [0.2, 0.25) is 0 Å². The fourth-order valence-corrected chi connectivity index (χ4v) is 4.79. The minimum atomic E-state index is -3.89. The van der Waals surface area contributed by atoms with Gasteiger partial charge in [0.05, 0.1) is 29.8 Å². The maximum atomic E-state index is 13.5. The van der Waals surface area contributed by atoms with Crippen LogP contribution in [0.4, 0.5) is 5.69 Å². The molecule has 1 N–H and O–H groups in total. The molecule has 0 saturated carbocycles. The number of ether oxygens (including phenoxy) is 1. The molecule has 0 radical (unpaired) electrons. The highest BCUT2D eigenvalue weighted by Crippen LogP contribution is 2.34. The molecule has 0 bridgehead atoms. The molecule has 142 valence electrons. The highest BCUT2D eigenvalue weighted by molar-refractivity contribution is 7.93. The first-order chi connectivity index (χ1) is 12.9. The van der Waals surface area contributed by atoms with Crippen molar-refractivity contribution in [2.24, 2.45) is 0 Å². The summed E-state index contributed by atoms with van der Waals surface area (Å²) in [5.41, 5.74) is 0.511. The summed E-state index contributed by atoms with van der Waals surface area (Å²) in [4.78, 5) is 0.186. The molecule has 5 nitrogen and oxygen atoms in total. The van der Waals surface area contributed by atoms with Crippen LogP contribution in [0.25, 0.3) is 10.8 Å². The molecule has 0 amide bonds. The fourth-order valence-electron chi connectivity index (χ4n) is 3.05. The van der Waals surface area contributed by atoms with E-state index >= 15 is 0 Å². The van der Waals surface area contributed by atoms with Crippen molar-refractivity contribution in [1.29, 1.82) is 0 Å². The van der Waals surface area contributed by atoms with Gasteiger partial charge in [0, 0.05) is 10.8 Å². The lowest BCUT2D eigenvalue weighted by Gasteiger charge is -2.26. The summed E-state index contributed by atoms with van der Waals surface area (Å²) in [5.74, 6) is 0.647. The lowest BCUT2D eigenvalue weighted by Crippen LogP contribution is -2.36. The Hall–Kier alpha value is -2.57. The highest BCUT2D eigenvalue weighted by atomic mass is 32.2. The number of hydrogen-bond acceptors (Lipinski definition) is 4. The summed E-state index contributed by atoms with van der Waals surface area (Å²) in [6.07, 6.45) is -0.811. The van der Waals surface area contributed by atoms with E-state index in [0.717, 1.165) is 5.39 Å². The van der Waals surface area contributed by atoms with Gasteiger partial charge in [-0.25, -0.2) is 8.42 Å². The van der Waals surface area contributed by atoms with E-state index < -0.39 is 16.1 Å². The number of rotatable bonds is 7. The first-order valence-electron chi connectivity index (χ1n) is 8.85. The molecule has 1 unspecified atom stereocenters. The van der Waals surface area contributed by atoms with Crippen LogP contribution in [0.5, 0.6) is 5.75 Å². The fraction of sp³-hybridized carbons (Fsp3) is 0.238. The Kier molecular flexibility index (Phi) is 5.68. The zero-order chi connectivity index (χ0) is 19.4. The minimum Gasteiger partial charge on any atom is -0.493 e. The second-order valence-electron chi connectivity index (χ2n) is 6.26. The van der Waals surface area contributed by atoms with Crippen molar-refractivity contribution < 1.29 is 18.3 Å². The van der Waals surface area contributed by atoms with Crippen LogP contribution in [0.15, 0.2) is 71.6 Å². The molecular formula is C21H23NO4S. The smallest absolute Gasteiger partial charge is 0.265 e. The lowest BCUT2D eigenvalue weighted by atomic mass is 10.1. The monoisotopic (exact) mass is 385 g/mol. The highest BCUT2D eigenvalue weighted by Gasteiger charge is 2.28. The SMILES string of the molecule is CCOc1ccc(S(=O)(=O)N(CC(C)O)c2ccccc2)c2ccccc12. The molecule has 0 aromatic heterocycles. The second-order valence-corrected chi connectivity index (χ2v) is 8.09. The summed E-state index contributed by atoms with van der Waals surface area (Å²) < 4.78 is 33.9. The summed E-state index contributed by atoms with van der Waals surface area (Å²) in [6, 6.07) is 19.3. The number of aliphatic hydroxyl groups excluding tert-OH is 1. The Morgan fingerprint density at radius 2 is 1.59 bits per heavy atom. The van der Waals surface area contributed by atoms with Crippen molar-refractivity contribution in [2.75, 3.05) is 17.5 Å². The maximum Gasteiger partial charge on any atom is 0.265 e. The average molecular weight is 385 g/mol. The Morgan fingerprint density at radius 3 is 2.22 bits per heavy atom. The predicted molar refractivity (Wildman–Crippen MR) is 108 cm³/mol. The van der Waals surface area contributed by atoms with Gasteiger partial charge in [-0.1, -0.05) is 42.5 Å². The summed E-state index contributed by atoms with van der Waals surface area (Å²) in [6.45, 7) is 3.92. The van der Waals surface area contributed by atoms with E-state index in [2.05, 4.69) is 0 Å². The summed E-state index contributed by atoms with van der Waals surface area (Å²) in [7, 11) is -3.89. The Balaban J connectivity index is 2.19. The molecule has 0 spiro atoms. The van der Waals surface area contributed by atoms with Crippen molar-refractivity contribution in [3.63, 3.8) is 0 Å². The number of para-hydroxylation sites is 1. The molecule has 3 rings (SSSR count). The van der Waals surface area contributed by atoms with Gasteiger partial charge in [0.1, 0.15) is 5.75 Å². The Labute approximate surface area is 159 Å². The van der Waals surface area contributed by atoms with E-state index in [1.807, 2.05) is 25.1 Å². The van der Waals surface area contributed by atoms with Gasteiger partial charge in [0.25, 0.3) is 10.0 Å². The predicted octanol–water partition coefficient (Wildman–Crippen LogP) is 3.81. The number of hydrogen-bond donors (Lipinski definition) is 1. The van der Waals surface area contributed by atoms with Gasteiger partial charge in [-0.05, 0) is 38.1 Å². The van der Waals surface area contributed by atoms with Crippen molar-refractivity contribution in [3.8, 4) is 5.75 Å². The summed E-state index contributed by atoms with van der Waals surface area (Å²) in [5, 5.41) is 11.2. The molecule has 0 heterocycles. The second kappa shape index (κ2) is 7.98. The third-order valence-corrected chi connectivity index (χ3v) is 6.04. The number of benzene rings is 3. The van der Waals surface area contributed by atoms with Gasteiger partial charge in [-0.3, -0.25) is 4.31 Å². The molecule has 0 aliphatic rings. The maximum absolute atomic E-state index is 13.5.